The van der Waals surface area contributed by atoms with Gasteiger partial charge in [-0.25, -0.2) is 4.79 Å². The molecule has 2 amide bonds. The smallest absolute Gasteiger partial charge is 0.410 e. The summed E-state index contributed by atoms with van der Waals surface area (Å²) in [4.78, 5) is 25.3. The van der Waals surface area contributed by atoms with E-state index < -0.39 is 5.60 Å². The minimum Gasteiger partial charge on any atom is -0.444 e. The van der Waals surface area contributed by atoms with Gasteiger partial charge in [-0.15, -0.1) is 0 Å². The van der Waals surface area contributed by atoms with Crippen molar-refractivity contribution in [3.05, 3.63) is 0 Å². The van der Waals surface area contributed by atoms with Gasteiger partial charge in [0.05, 0.1) is 19.3 Å². The molecule has 1 N–H and O–H groups in total. The summed E-state index contributed by atoms with van der Waals surface area (Å²) in [5.41, 5.74) is -0.522. The normalized spacial score (nSPS) is 19.6. The van der Waals surface area contributed by atoms with Crippen LogP contribution in [0.3, 0.4) is 0 Å². The largest absolute Gasteiger partial charge is 0.444 e. The molecule has 1 atom stereocenters. The number of hydrogen-bond acceptors (Lipinski definition) is 4. The fraction of sp³-hybridized carbons (Fsp3) is 0.857. The third kappa shape index (κ3) is 5.77. The summed E-state index contributed by atoms with van der Waals surface area (Å²) < 4.78 is 10.8. The van der Waals surface area contributed by atoms with Crippen molar-refractivity contribution in [1.82, 2.24) is 10.2 Å². The number of ether oxygens (including phenoxy) is 2. The fourth-order valence-electron chi connectivity index (χ4n) is 1.93. The van der Waals surface area contributed by atoms with Crippen molar-refractivity contribution >= 4 is 12.0 Å². The van der Waals surface area contributed by atoms with Crippen LogP contribution in [0.15, 0.2) is 0 Å². The Hall–Kier alpha value is -1.30. The van der Waals surface area contributed by atoms with Crippen molar-refractivity contribution in [3.63, 3.8) is 0 Å². The topological polar surface area (TPSA) is 67.9 Å². The highest BCUT2D eigenvalue weighted by Crippen LogP contribution is 2.14. The summed E-state index contributed by atoms with van der Waals surface area (Å²) in [5, 5.41) is 2.83. The Labute approximate surface area is 120 Å². The number of nitrogens with one attached hydrogen (secondary N) is 1. The molecule has 0 aromatic heterocycles. The summed E-state index contributed by atoms with van der Waals surface area (Å²) in [6.45, 7) is 9.28. The molecule has 6 nitrogen and oxygen atoms in total. The Morgan fingerprint density at radius 3 is 2.70 bits per heavy atom. The lowest BCUT2D eigenvalue weighted by atomic mass is 10.2. The summed E-state index contributed by atoms with van der Waals surface area (Å²) >= 11 is 0. The fourth-order valence-corrected chi connectivity index (χ4v) is 1.93. The Kier molecular flexibility index (Phi) is 6.26. The van der Waals surface area contributed by atoms with Gasteiger partial charge in [0.2, 0.25) is 5.91 Å². The molecule has 0 spiro atoms. The van der Waals surface area contributed by atoms with Crippen LogP contribution in [0.1, 0.15) is 40.5 Å². The zero-order valence-corrected chi connectivity index (χ0v) is 12.9. The van der Waals surface area contributed by atoms with Crippen molar-refractivity contribution in [2.45, 2.75) is 52.2 Å². The van der Waals surface area contributed by atoms with Crippen LogP contribution < -0.4 is 5.32 Å². The van der Waals surface area contributed by atoms with E-state index in [2.05, 4.69) is 5.32 Å². The van der Waals surface area contributed by atoms with E-state index >= 15 is 0 Å². The van der Waals surface area contributed by atoms with E-state index in [1.165, 1.54) is 0 Å². The minimum atomic E-state index is -0.522. The lowest BCUT2D eigenvalue weighted by molar-refractivity contribution is -0.121. The summed E-state index contributed by atoms with van der Waals surface area (Å²) in [6.07, 6.45) is 0.957. The van der Waals surface area contributed by atoms with Crippen LogP contribution >= 0.6 is 0 Å². The van der Waals surface area contributed by atoms with E-state index in [1.54, 1.807) is 4.90 Å². The Morgan fingerprint density at radius 2 is 2.10 bits per heavy atom. The van der Waals surface area contributed by atoms with E-state index in [-0.39, 0.29) is 18.0 Å². The van der Waals surface area contributed by atoms with Crippen LogP contribution in [0.25, 0.3) is 0 Å². The average molecular weight is 286 g/mol. The van der Waals surface area contributed by atoms with Crippen LogP contribution in [0, 0.1) is 0 Å². The lowest BCUT2D eigenvalue weighted by Crippen LogP contribution is -2.54. The molecule has 0 bridgehead atoms. The Balaban J connectivity index is 2.53. The molecule has 0 aromatic rings. The molecule has 1 unspecified atom stereocenters. The first-order chi connectivity index (χ1) is 9.33. The van der Waals surface area contributed by atoms with Gasteiger partial charge in [0.1, 0.15) is 5.60 Å². The molecule has 1 fully saturated rings. The second-order valence-electron chi connectivity index (χ2n) is 5.96. The van der Waals surface area contributed by atoms with E-state index in [9.17, 15) is 9.59 Å². The highest BCUT2D eigenvalue weighted by atomic mass is 16.6. The van der Waals surface area contributed by atoms with Gasteiger partial charge in [0.15, 0.2) is 0 Å². The van der Waals surface area contributed by atoms with Crippen molar-refractivity contribution in [1.29, 1.82) is 0 Å². The molecule has 0 radical (unpaired) electrons. The second kappa shape index (κ2) is 7.47. The van der Waals surface area contributed by atoms with Gasteiger partial charge >= 0.3 is 6.09 Å². The quantitative estimate of drug-likeness (QED) is 0.851. The predicted molar refractivity (Wildman–Crippen MR) is 75.5 cm³/mol. The summed E-state index contributed by atoms with van der Waals surface area (Å²) in [7, 11) is 0. The van der Waals surface area contributed by atoms with Gasteiger partial charge in [-0.05, 0) is 27.2 Å². The monoisotopic (exact) mass is 286 g/mol. The van der Waals surface area contributed by atoms with E-state index in [0.717, 1.165) is 6.42 Å². The standard InChI is InChI=1S/C14H26N2O4/c1-5-6-12(17)15-9-11-10-19-8-7-16(11)13(18)20-14(2,3)4/h11H,5-10H2,1-4H3,(H,15,17). The first-order valence-electron chi connectivity index (χ1n) is 7.17. The average Bonchev–Trinajstić information content (AvgIpc) is 2.35. The molecule has 1 aliphatic rings. The van der Waals surface area contributed by atoms with Gasteiger partial charge in [-0.2, -0.15) is 0 Å². The number of carbonyl (C=O) groups excluding carboxylic acids is 2. The molecule has 0 saturated carbocycles. The van der Waals surface area contributed by atoms with Crippen molar-refractivity contribution < 1.29 is 19.1 Å². The number of carbonyl (C=O) groups is 2. The molecule has 20 heavy (non-hydrogen) atoms. The van der Waals surface area contributed by atoms with Crippen LogP contribution in [-0.4, -0.2) is 54.8 Å². The maximum atomic E-state index is 12.1. The third-order valence-corrected chi connectivity index (χ3v) is 2.87. The number of morpholine rings is 1. The molecular weight excluding hydrogens is 260 g/mol. The predicted octanol–water partition coefficient (Wildman–Crippen LogP) is 1.54. The minimum absolute atomic E-state index is 0.00205. The van der Waals surface area contributed by atoms with E-state index in [1.807, 2.05) is 27.7 Å². The first-order valence-corrected chi connectivity index (χ1v) is 7.17. The highest BCUT2D eigenvalue weighted by molar-refractivity contribution is 5.76. The molecule has 0 aromatic carbocycles. The van der Waals surface area contributed by atoms with Crippen molar-refractivity contribution in [3.8, 4) is 0 Å². The van der Waals surface area contributed by atoms with Gasteiger partial charge < -0.3 is 14.8 Å². The highest BCUT2D eigenvalue weighted by Gasteiger charge is 2.31. The van der Waals surface area contributed by atoms with Gasteiger partial charge in [-0.1, -0.05) is 6.92 Å². The molecule has 6 heteroatoms. The number of amides is 2. The molecular formula is C14H26N2O4. The van der Waals surface area contributed by atoms with Gasteiger partial charge in [0.25, 0.3) is 0 Å². The zero-order valence-electron chi connectivity index (χ0n) is 12.9. The molecule has 0 aliphatic carbocycles. The Bertz CT molecular complexity index is 339. The third-order valence-electron chi connectivity index (χ3n) is 2.87. The van der Waals surface area contributed by atoms with Crippen LogP contribution in [0.2, 0.25) is 0 Å². The van der Waals surface area contributed by atoms with E-state index in [4.69, 9.17) is 9.47 Å². The second-order valence-corrected chi connectivity index (χ2v) is 5.96. The van der Waals surface area contributed by atoms with Crippen molar-refractivity contribution in [2.75, 3.05) is 26.3 Å². The Morgan fingerprint density at radius 1 is 1.40 bits per heavy atom. The SMILES string of the molecule is CCCC(=O)NCC1COCCN1C(=O)OC(C)(C)C. The molecule has 1 aliphatic heterocycles. The van der Waals surface area contributed by atoms with Crippen LogP contribution in [-0.2, 0) is 14.3 Å². The first kappa shape index (κ1) is 16.8. The number of nitrogens with zero attached hydrogens (tertiary/aromatic N) is 1. The zero-order chi connectivity index (χ0) is 15.2. The lowest BCUT2D eigenvalue weighted by Gasteiger charge is -2.36. The van der Waals surface area contributed by atoms with Crippen LogP contribution in [0.5, 0.6) is 0 Å². The van der Waals surface area contributed by atoms with Gasteiger partial charge in [-0.3, -0.25) is 9.69 Å². The summed E-state index contributed by atoms with van der Waals surface area (Å²) in [6, 6.07) is -0.167. The van der Waals surface area contributed by atoms with Crippen LogP contribution in [0.4, 0.5) is 4.79 Å². The number of rotatable bonds is 4. The maximum Gasteiger partial charge on any atom is 0.410 e. The van der Waals surface area contributed by atoms with E-state index in [0.29, 0.717) is 32.7 Å². The maximum absolute atomic E-state index is 12.1. The van der Waals surface area contributed by atoms with Gasteiger partial charge in [0, 0.05) is 19.5 Å². The summed E-state index contributed by atoms with van der Waals surface area (Å²) in [5.74, 6) is 0.00205. The molecule has 1 heterocycles. The number of hydrogen-bond donors (Lipinski definition) is 1. The molecule has 1 saturated heterocycles. The van der Waals surface area contributed by atoms with Crippen molar-refractivity contribution in [2.24, 2.45) is 0 Å². The molecule has 1 rings (SSSR count). The molecule has 116 valence electrons.